The predicted octanol–water partition coefficient (Wildman–Crippen LogP) is 4.34. The van der Waals surface area contributed by atoms with Gasteiger partial charge >= 0.3 is 5.97 Å². The number of rotatable bonds is 5. The number of benzene rings is 1. The molecular weight excluding hydrogens is 376 g/mol. The van der Waals surface area contributed by atoms with E-state index in [0.29, 0.717) is 21.8 Å². The van der Waals surface area contributed by atoms with Crippen LogP contribution in [0.25, 0.3) is 21.6 Å². The highest BCUT2D eigenvalue weighted by molar-refractivity contribution is 7.18. The van der Waals surface area contributed by atoms with Gasteiger partial charge in [-0.05, 0) is 37.6 Å². The molecule has 3 heterocycles. The molecule has 0 saturated heterocycles. The number of aromatic nitrogens is 2. The fourth-order valence-electron chi connectivity index (χ4n) is 3.12. The van der Waals surface area contributed by atoms with Gasteiger partial charge in [0.15, 0.2) is 0 Å². The molecule has 0 aliphatic carbocycles. The van der Waals surface area contributed by atoms with Crippen molar-refractivity contribution in [3.63, 3.8) is 0 Å². The summed E-state index contributed by atoms with van der Waals surface area (Å²) in [6, 6.07) is 12.6. The average molecular weight is 394 g/mol. The van der Waals surface area contributed by atoms with E-state index >= 15 is 0 Å². The van der Waals surface area contributed by atoms with Gasteiger partial charge < -0.3 is 9.52 Å². The molecule has 0 bridgehead atoms. The van der Waals surface area contributed by atoms with E-state index in [4.69, 9.17) is 14.5 Å². The van der Waals surface area contributed by atoms with Crippen LogP contribution in [0.1, 0.15) is 33.7 Å². The van der Waals surface area contributed by atoms with Crippen molar-refractivity contribution in [3.8, 4) is 11.4 Å². The summed E-state index contributed by atoms with van der Waals surface area (Å²) in [6.07, 6.45) is 0.834. The molecule has 28 heavy (non-hydrogen) atoms. The molecule has 0 atom stereocenters. The molecule has 3 aromatic heterocycles. The fourth-order valence-corrected chi connectivity index (χ4v) is 4.08. The van der Waals surface area contributed by atoms with Crippen LogP contribution < -0.4 is 5.56 Å². The van der Waals surface area contributed by atoms with Crippen LogP contribution in [-0.2, 0) is 13.0 Å². The average Bonchev–Trinajstić information content (AvgIpc) is 3.31. The van der Waals surface area contributed by atoms with E-state index in [0.717, 1.165) is 22.4 Å². The van der Waals surface area contributed by atoms with Crippen LogP contribution in [-0.4, -0.2) is 20.6 Å². The number of carbonyl (C=O) groups is 1. The van der Waals surface area contributed by atoms with E-state index < -0.39 is 5.97 Å². The Kier molecular flexibility index (Phi) is 4.60. The third-order valence-electron chi connectivity index (χ3n) is 4.51. The van der Waals surface area contributed by atoms with Crippen molar-refractivity contribution in [2.45, 2.75) is 26.8 Å². The molecule has 142 valence electrons. The van der Waals surface area contributed by atoms with Crippen molar-refractivity contribution < 1.29 is 14.3 Å². The van der Waals surface area contributed by atoms with Gasteiger partial charge in [0.2, 0.25) is 5.76 Å². The van der Waals surface area contributed by atoms with Crippen LogP contribution in [0, 0.1) is 6.92 Å². The molecule has 0 spiro atoms. The zero-order valence-corrected chi connectivity index (χ0v) is 16.2. The smallest absolute Gasteiger partial charge is 0.371 e. The topological polar surface area (TPSA) is 85.3 Å². The van der Waals surface area contributed by atoms with Crippen molar-refractivity contribution >= 4 is 27.5 Å². The Labute approximate surface area is 164 Å². The van der Waals surface area contributed by atoms with Crippen molar-refractivity contribution in [1.29, 1.82) is 0 Å². The minimum atomic E-state index is -1.14. The Morgan fingerprint density at radius 3 is 2.75 bits per heavy atom. The van der Waals surface area contributed by atoms with Gasteiger partial charge in [-0.15, -0.1) is 11.3 Å². The first-order valence-electron chi connectivity index (χ1n) is 8.88. The third kappa shape index (κ3) is 3.25. The number of furan rings is 1. The third-order valence-corrected chi connectivity index (χ3v) is 5.69. The number of carboxylic acid groups (broad SMARTS) is 1. The predicted molar refractivity (Wildman–Crippen MR) is 108 cm³/mol. The summed E-state index contributed by atoms with van der Waals surface area (Å²) >= 11 is 1.52. The molecule has 0 radical (unpaired) electrons. The maximum absolute atomic E-state index is 13.3. The van der Waals surface area contributed by atoms with Gasteiger partial charge in [-0.25, -0.2) is 9.78 Å². The highest BCUT2D eigenvalue weighted by Gasteiger charge is 2.17. The van der Waals surface area contributed by atoms with E-state index in [1.165, 1.54) is 17.4 Å². The number of aromatic carboxylic acids is 1. The first-order valence-corrected chi connectivity index (χ1v) is 9.70. The monoisotopic (exact) mass is 394 g/mol. The molecule has 6 nitrogen and oxygen atoms in total. The van der Waals surface area contributed by atoms with Crippen LogP contribution in [0.5, 0.6) is 0 Å². The van der Waals surface area contributed by atoms with Gasteiger partial charge in [0, 0.05) is 10.4 Å². The fraction of sp³-hybridized carbons (Fsp3) is 0.190. The summed E-state index contributed by atoms with van der Waals surface area (Å²) in [5.41, 5.74) is 1.73. The second kappa shape index (κ2) is 7.09. The Morgan fingerprint density at radius 1 is 1.25 bits per heavy atom. The van der Waals surface area contributed by atoms with Gasteiger partial charge in [-0.1, -0.05) is 30.7 Å². The maximum atomic E-state index is 13.3. The second-order valence-corrected chi connectivity index (χ2v) is 7.67. The standard InChI is InChI=1S/C21H18N2O4S/c1-3-15-10-16-19(28-15)22-18(13-6-4-5-12(2)9-13)23(20(16)24)11-14-7-8-17(27-14)21(25)26/h4-10H,3,11H2,1-2H3,(H,25,26). The molecule has 4 rings (SSSR count). The molecule has 4 aromatic rings. The lowest BCUT2D eigenvalue weighted by molar-refractivity contribution is 0.0660. The first-order chi connectivity index (χ1) is 13.5. The zero-order chi connectivity index (χ0) is 19.8. The summed E-state index contributed by atoms with van der Waals surface area (Å²) in [5, 5.41) is 9.65. The van der Waals surface area contributed by atoms with Gasteiger partial charge in [0.05, 0.1) is 11.9 Å². The first kappa shape index (κ1) is 18.2. The quantitative estimate of drug-likeness (QED) is 0.544. The summed E-state index contributed by atoms with van der Waals surface area (Å²) in [6.45, 7) is 4.13. The van der Waals surface area contributed by atoms with E-state index in [-0.39, 0.29) is 17.9 Å². The molecule has 0 saturated carbocycles. The van der Waals surface area contributed by atoms with Crippen LogP contribution in [0.15, 0.2) is 51.7 Å². The minimum absolute atomic E-state index is 0.107. The second-order valence-electron chi connectivity index (χ2n) is 6.55. The van der Waals surface area contributed by atoms with Gasteiger partial charge in [0.1, 0.15) is 16.4 Å². The molecule has 0 amide bonds. The van der Waals surface area contributed by atoms with Gasteiger partial charge in [0.25, 0.3) is 5.56 Å². The molecule has 0 aliphatic rings. The summed E-state index contributed by atoms with van der Waals surface area (Å²) in [7, 11) is 0. The number of hydrogen-bond donors (Lipinski definition) is 1. The van der Waals surface area contributed by atoms with E-state index in [1.54, 1.807) is 10.6 Å². The van der Waals surface area contributed by atoms with Gasteiger partial charge in [-0.2, -0.15) is 0 Å². The van der Waals surface area contributed by atoms with Crippen LogP contribution in [0.3, 0.4) is 0 Å². The summed E-state index contributed by atoms with van der Waals surface area (Å²) < 4.78 is 6.92. The molecule has 0 fully saturated rings. The van der Waals surface area contributed by atoms with Crippen LogP contribution >= 0.6 is 11.3 Å². The van der Waals surface area contributed by atoms with Crippen LogP contribution in [0.2, 0.25) is 0 Å². The number of hydrogen-bond acceptors (Lipinski definition) is 5. The van der Waals surface area contributed by atoms with Gasteiger partial charge in [-0.3, -0.25) is 9.36 Å². The lowest BCUT2D eigenvalue weighted by Gasteiger charge is -2.12. The Balaban J connectivity index is 1.92. The van der Waals surface area contributed by atoms with E-state index in [1.807, 2.05) is 44.2 Å². The lowest BCUT2D eigenvalue weighted by atomic mass is 10.1. The van der Waals surface area contributed by atoms with Crippen molar-refractivity contribution in [1.82, 2.24) is 9.55 Å². The largest absolute Gasteiger partial charge is 0.475 e. The normalized spacial score (nSPS) is 11.2. The highest BCUT2D eigenvalue weighted by Crippen LogP contribution is 2.26. The number of nitrogens with zero attached hydrogens (tertiary/aromatic N) is 2. The lowest BCUT2D eigenvalue weighted by Crippen LogP contribution is -2.23. The summed E-state index contributed by atoms with van der Waals surface area (Å²) in [5.74, 6) is -0.367. The number of carboxylic acids is 1. The highest BCUT2D eigenvalue weighted by atomic mass is 32.1. The summed E-state index contributed by atoms with van der Waals surface area (Å²) in [4.78, 5) is 30.9. The van der Waals surface area contributed by atoms with E-state index in [9.17, 15) is 9.59 Å². The van der Waals surface area contributed by atoms with Crippen molar-refractivity contribution in [2.24, 2.45) is 0 Å². The van der Waals surface area contributed by atoms with Crippen molar-refractivity contribution in [2.75, 3.05) is 0 Å². The SMILES string of the molecule is CCc1cc2c(=O)n(Cc3ccc(C(=O)O)o3)c(-c3cccc(C)c3)nc2s1. The Hall–Kier alpha value is -3.19. The molecular formula is C21H18N2O4S. The van der Waals surface area contributed by atoms with Crippen LogP contribution in [0.4, 0.5) is 0 Å². The molecule has 7 heteroatoms. The number of thiophene rings is 1. The molecule has 0 unspecified atom stereocenters. The Morgan fingerprint density at radius 2 is 2.07 bits per heavy atom. The minimum Gasteiger partial charge on any atom is -0.475 e. The molecule has 0 aliphatic heterocycles. The number of aryl methyl sites for hydroxylation is 2. The molecule has 1 N–H and O–H groups in total. The van der Waals surface area contributed by atoms with E-state index in [2.05, 4.69) is 0 Å². The zero-order valence-electron chi connectivity index (χ0n) is 15.4. The van der Waals surface area contributed by atoms with Crippen molar-refractivity contribution in [3.05, 3.63) is 74.8 Å². The number of fused-ring (bicyclic) bond motifs is 1. The molecule has 1 aromatic carbocycles. The Bertz CT molecular complexity index is 1250. The maximum Gasteiger partial charge on any atom is 0.371 e.